The molecule has 0 fully saturated rings. The summed E-state index contributed by atoms with van der Waals surface area (Å²) in [7, 11) is 0. The first-order chi connectivity index (χ1) is 12.9. The van der Waals surface area contributed by atoms with Crippen LogP contribution in [0.5, 0.6) is 5.75 Å². The lowest BCUT2D eigenvalue weighted by Crippen LogP contribution is -2.29. The van der Waals surface area contributed by atoms with Crippen molar-refractivity contribution in [1.82, 2.24) is 9.13 Å². The number of imidazole rings is 1. The van der Waals surface area contributed by atoms with E-state index in [0.29, 0.717) is 28.0 Å². The Hall–Kier alpha value is -2.73. The zero-order valence-electron chi connectivity index (χ0n) is 14.9. The number of hydrogen-bond donors (Lipinski definition) is 2. The van der Waals surface area contributed by atoms with Crippen molar-refractivity contribution in [2.75, 3.05) is 0 Å². The molecule has 0 aliphatic heterocycles. The third-order valence-electron chi connectivity index (χ3n) is 4.64. The molecule has 0 amide bonds. The quantitative estimate of drug-likeness (QED) is 0.640. The highest BCUT2D eigenvalue weighted by Crippen LogP contribution is 2.26. The van der Waals surface area contributed by atoms with Crippen LogP contribution in [0.4, 0.5) is 0 Å². The lowest BCUT2D eigenvalue weighted by molar-refractivity contribution is -0.137. The second-order valence-corrected chi connectivity index (χ2v) is 6.98. The Bertz CT molecular complexity index is 1040. The molecule has 0 radical (unpaired) electrons. The number of carboxylic acid groups (broad SMARTS) is 1. The van der Waals surface area contributed by atoms with Crippen LogP contribution in [0.2, 0.25) is 5.02 Å². The number of benzene rings is 2. The number of para-hydroxylation sites is 2. The van der Waals surface area contributed by atoms with E-state index in [-0.39, 0.29) is 24.4 Å². The van der Waals surface area contributed by atoms with E-state index < -0.39 is 12.0 Å². The minimum absolute atomic E-state index is 0.0544. The van der Waals surface area contributed by atoms with Crippen molar-refractivity contribution in [2.24, 2.45) is 0 Å². The van der Waals surface area contributed by atoms with Crippen molar-refractivity contribution in [3.8, 4) is 5.75 Å². The molecule has 2 aromatic carbocycles. The van der Waals surface area contributed by atoms with Crippen molar-refractivity contribution in [3.05, 3.63) is 63.5 Å². The Labute approximate surface area is 161 Å². The van der Waals surface area contributed by atoms with E-state index in [1.54, 1.807) is 21.3 Å². The topological polar surface area (TPSA) is 84.5 Å². The Morgan fingerprint density at radius 2 is 1.89 bits per heavy atom. The van der Waals surface area contributed by atoms with Gasteiger partial charge in [-0.1, -0.05) is 37.1 Å². The van der Waals surface area contributed by atoms with Crippen LogP contribution >= 0.6 is 11.6 Å². The van der Waals surface area contributed by atoms with Crippen LogP contribution in [0.3, 0.4) is 0 Å². The molecule has 6 nitrogen and oxygen atoms in total. The number of hydrogen-bond acceptors (Lipinski definition) is 3. The molecule has 1 atom stereocenters. The maximum absolute atomic E-state index is 13.2. The van der Waals surface area contributed by atoms with Gasteiger partial charge in [-0.25, -0.2) is 4.79 Å². The van der Waals surface area contributed by atoms with Crippen molar-refractivity contribution in [2.45, 2.75) is 38.8 Å². The van der Waals surface area contributed by atoms with E-state index in [4.69, 9.17) is 11.6 Å². The Kier molecular flexibility index (Phi) is 5.56. The molecule has 0 aliphatic rings. The van der Waals surface area contributed by atoms with Gasteiger partial charge in [0.15, 0.2) is 0 Å². The average molecular weight is 389 g/mol. The summed E-state index contributed by atoms with van der Waals surface area (Å²) in [4.78, 5) is 24.5. The minimum Gasteiger partial charge on any atom is -0.508 e. The molecule has 0 bridgehead atoms. The molecule has 142 valence electrons. The highest BCUT2D eigenvalue weighted by molar-refractivity contribution is 6.30. The third kappa shape index (κ3) is 3.85. The summed E-state index contributed by atoms with van der Waals surface area (Å²) in [6.45, 7) is 2.10. The van der Waals surface area contributed by atoms with Gasteiger partial charge < -0.3 is 10.2 Å². The second kappa shape index (κ2) is 7.88. The van der Waals surface area contributed by atoms with Gasteiger partial charge in [-0.15, -0.1) is 0 Å². The number of phenols is 1. The maximum Gasteiger partial charge on any atom is 0.329 e. The van der Waals surface area contributed by atoms with Gasteiger partial charge in [-0.2, -0.15) is 0 Å². The minimum atomic E-state index is -0.940. The van der Waals surface area contributed by atoms with E-state index in [1.165, 1.54) is 6.07 Å². The van der Waals surface area contributed by atoms with Crippen LogP contribution in [0.15, 0.2) is 47.3 Å². The monoisotopic (exact) mass is 388 g/mol. The molecular weight excluding hydrogens is 368 g/mol. The summed E-state index contributed by atoms with van der Waals surface area (Å²) in [6.07, 6.45) is 1.23. The fraction of sp³-hybridized carbons (Fsp3) is 0.300. The Morgan fingerprint density at radius 3 is 2.56 bits per heavy atom. The Morgan fingerprint density at radius 1 is 1.19 bits per heavy atom. The van der Waals surface area contributed by atoms with Gasteiger partial charge in [-0.3, -0.25) is 13.9 Å². The molecule has 7 heteroatoms. The van der Waals surface area contributed by atoms with Crippen LogP contribution in [-0.4, -0.2) is 25.3 Å². The van der Waals surface area contributed by atoms with Gasteiger partial charge >= 0.3 is 11.7 Å². The van der Waals surface area contributed by atoms with Crippen LogP contribution in [-0.2, 0) is 11.3 Å². The van der Waals surface area contributed by atoms with Gasteiger partial charge in [0.05, 0.1) is 24.0 Å². The molecule has 0 aliphatic carbocycles. The molecule has 27 heavy (non-hydrogen) atoms. The van der Waals surface area contributed by atoms with Crippen LogP contribution in [0.25, 0.3) is 11.0 Å². The zero-order valence-corrected chi connectivity index (χ0v) is 15.7. The van der Waals surface area contributed by atoms with Crippen LogP contribution in [0, 0.1) is 0 Å². The van der Waals surface area contributed by atoms with Crippen LogP contribution < -0.4 is 5.69 Å². The maximum atomic E-state index is 13.2. The third-order valence-corrected chi connectivity index (χ3v) is 4.87. The summed E-state index contributed by atoms with van der Waals surface area (Å²) in [5.41, 5.74) is 1.60. The van der Waals surface area contributed by atoms with E-state index >= 15 is 0 Å². The SMILES string of the molecule is CCCC(CC(=O)O)n1c(=O)n(Cc2cc(Cl)ccc2O)c2ccccc21. The summed E-state index contributed by atoms with van der Waals surface area (Å²) < 4.78 is 3.11. The number of aliphatic carboxylic acids is 1. The van der Waals surface area contributed by atoms with Crippen LogP contribution in [0.1, 0.15) is 37.8 Å². The van der Waals surface area contributed by atoms with Gasteiger partial charge in [0, 0.05) is 16.6 Å². The van der Waals surface area contributed by atoms with Crippen molar-refractivity contribution in [3.63, 3.8) is 0 Å². The summed E-state index contributed by atoms with van der Waals surface area (Å²) in [5, 5.41) is 19.9. The number of aromatic hydroxyl groups is 1. The van der Waals surface area contributed by atoms with E-state index in [0.717, 1.165) is 6.42 Å². The number of halogens is 1. The Balaban J connectivity index is 2.17. The predicted octanol–water partition coefficient (Wildman–Crippen LogP) is 4.03. The molecule has 0 spiro atoms. The standard InChI is InChI=1S/C20H21ClN2O4/c1-2-5-15(11-19(25)26)23-17-7-4-3-6-16(17)22(20(23)27)12-13-10-14(21)8-9-18(13)24/h3-4,6-10,15,24H,2,5,11-12H2,1H3,(H,25,26). The van der Waals surface area contributed by atoms with Crippen molar-refractivity contribution in [1.29, 1.82) is 0 Å². The van der Waals surface area contributed by atoms with E-state index in [1.807, 2.05) is 31.2 Å². The normalized spacial score (nSPS) is 12.4. The first-order valence-corrected chi connectivity index (χ1v) is 9.19. The van der Waals surface area contributed by atoms with Gasteiger partial charge in [0.1, 0.15) is 5.75 Å². The molecule has 3 rings (SSSR count). The molecule has 1 aromatic heterocycles. The smallest absolute Gasteiger partial charge is 0.329 e. The number of rotatable bonds is 7. The molecule has 3 aromatic rings. The second-order valence-electron chi connectivity index (χ2n) is 6.54. The largest absolute Gasteiger partial charge is 0.508 e. The lowest BCUT2D eigenvalue weighted by Gasteiger charge is -2.16. The lowest BCUT2D eigenvalue weighted by atomic mass is 10.1. The number of phenolic OH excluding ortho intramolecular Hbond substituents is 1. The number of aromatic nitrogens is 2. The first-order valence-electron chi connectivity index (χ1n) is 8.81. The van der Waals surface area contributed by atoms with E-state index in [2.05, 4.69) is 0 Å². The summed E-state index contributed by atoms with van der Waals surface area (Å²) in [6, 6.07) is 11.5. The van der Waals surface area contributed by atoms with Crippen molar-refractivity contribution >= 4 is 28.6 Å². The molecule has 1 unspecified atom stereocenters. The molecule has 0 saturated heterocycles. The number of fused-ring (bicyclic) bond motifs is 1. The number of carboxylic acids is 1. The first kappa shape index (κ1) is 19.0. The average Bonchev–Trinajstić information content (AvgIpc) is 2.89. The number of carbonyl (C=O) groups is 1. The van der Waals surface area contributed by atoms with Gasteiger partial charge in [0.25, 0.3) is 0 Å². The van der Waals surface area contributed by atoms with E-state index in [9.17, 15) is 19.8 Å². The molecule has 1 heterocycles. The highest BCUT2D eigenvalue weighted by Gasteiger charge is 2.22. The fourth-order valence-electron chi connectivity index (χ4n) is 3.45. The highest BCUT2D eigenvalue weighted by atomic mass is 35.5. The predicted molar refractivity (Wildman–Crippen MR) is 105 cm³/mol. The van der Waals surface area contributed by atoms with Gasteiger partial charge in [-0.05, 0) is 36.8 Å². The fourth-order valence-corrected chi connectivity index (χ4v) is 3.64. The summed E-state index contributed by atoms with van der Waals surface area (Å²) >= 11 is 6.03. The van der Waals surface area contributed by atoms with Gasteiger partial charge in [0.2, 0.25) is 0 Å². The zero-order chi connectivity index (χ0) is 19.6. The number of nitrogens with zero attached hydrogens (tertiary/aromatic N) is 2. The molecule has 2 N–H and O–H groups in total. The summed E-state index contributed by atoms with van der Waals surface area (Å²) in [5.74, 6) is -0.886. The molecular formula is C20H21ClN2O4. The molecule has 0 saturated carbocycles. The van der Waals surface area contributed by atoms with Crippen molar-refractivity contribution < 1.29 is 15.0 Å².